The summed E-state index contributed by atoms with van der Waals surface area (Å²) < 4.78 is 11.0. The molecule has 2 aliphatic carbocycles. The first-order valence-electron chi connectivity index (χ1n) is 8.64. The molecular formula is C17H24N2O4. The van der Waals surface area contributed by atoms with Crippen LogP contribution in [0.15, 0.2) is 10.6 Å². The maximum atomic E-state index is 11.9. The van der Waals surface area contributed by atoms with Gasteiger partial charge in [-0.3, -0.25) is 0 Å². The van der Waals surface area contributed by atoms with E-state index >= 15 is 0 Å². The van der Waals surface area contributed by atoms with Gasteiger partial charge in [-0.1, -0.05) is 13.3 Å². The number of rotatable bonds is 5. The van der Waals surface area contributed by atoms with E-state index in [4.69, 9.17) is 9.15 Å². The highest BCUT2D eigenvalue weighted by atomic mass is 16.6. The van der Waals surface area contributed by atoms with Crippen LogP contribution in [0.4, 0.5) is 4.79 Å². The molecule has 2 saturated carbocycles. The Kier molecular flexibility index (Phi) is 3.41. The van der Waals surface area contributed by atoms with E-state index in [-0.39, 0.29) is 11.5 Å². The van der Waals surface area contributed by atoms with Crippen molar-refractivity contribution in [1.82, 2.24) is 9.88 Å². The molecule has 3 fully saturated rings. The summed E-state index contributed by atoms with van der Waals surface area (Å²) in [4.78, 5) is 17.9. The summed E-state index contributed by atoms with van der Waals surface area (Å²) in [6.07, 6.45) is 6.92. The van der Waals surface area contributed by atoms with E-state index in [0.29, 0.717) is 44.2 Å². The van der Waals surface area contributed by atoms with Gasteiger partial charge in [0.1, 0.15) is 5.60 Å². The Bertz CT molecular complexity index is 593. The lowest BCUT2D eigenvalue weighted by Gasteiger charge is -2.61. The summed E-state index contributed by atoms with van der Waals surface area (Å²) in [7, 11) is 0. The van der Waals surface area contributed by atoms with Crippen LogP contribution in [0.25, 0.3) is 0 Å². The lowest BCUT2D eigenvalue weighted by molar-refractivity contribution is -0.196. The Labute approximate surface area is 135 Å². The van der Waals surface area contributed by atoms with Crippen molar-refractivity contribution in [2.75, 3.05) is 19.7 Å². The molecule has 0 unspecified atom stereocenters. The SMILES string of the molecule is CCCCOC(=O)N1CC2(C1)CC(O)(c1cnc(C3CC3)o1)C2. The molecular weight excluding hydrogens is 296 g/mol. The third-order valence-corrected chi connectivity index (χ3v) is 5.28. The molecule has 1 aliphatic heterocycles. The van der Waals surface area contributed by atoms with Gasteiger partial charge in [0.25, 0.3) is 0 Å². The van der Waals surface area contributed by atoms with Crippen molar-refractivity contribution in [2.24, 2.45) is 5.41 Å². The zero-order valence-electron chi connectivity index (χ0n) is 13.6. The predicted molar refractivity (Wildman–Crippen MR) is 81.9 cm³/mol. The maximum Gasteiger partial charge on any atom is 0.409 e. The first-order chi connectivity index (χ1) is 11.0. The first-order valence-corrected chi connectivity index (χ1v) is 8.64. The van der Waals surface area contributed by atoms with Crippen molar-refractivity contribution in [3.63, 3.8) is 0 Å². The number of oxazole rings is 1. The third kappa shape index (κ3) is 2.63. The molecule has 0 radical (unpaired) electrons. The molecule has 23 heavy (non-hydrogen) atoms. The number of carbonyl (C=O) groups excluding carboxylic acids is 1. The fraction of sp³-hybridized carbons (Fsp3) is 0.765. The van der Waals surface area contributed by atoms with E-state index in [2.05, 4.69) is 11.9 Å². The molecule has 1 spiro atoms. The number of hydrogen-bond acceptors (Lipinski definition) is 5. The number of aromatic nitrogens is 1. The van der Waals surface area contributed by atoms with Crippen LogP contribution in [0.3, 0.4) is 0 Å². The molecule has 6 heteroatoms. The summed E-state index contributed by atoms with van der Waals surface area (Å²) in [5.74, 6) is 1.82. The first kappa shape index (κ1) is 15.0. The van der Waals surface area contributed by atoms with Gasteiger partial charge in [-0.25, -0.2) is 9.78 Å². The highest BCUT2D eigenvalue weighted by Gasteiger charge is 2.62. The van der Waals surface area contributed by atoms with Gasteiger partial charge in [-0.15, -0.1) is 0 Å². The van der Waals surface area contributed by atoms with Crippen LogP contribution in [0.5, 0.6) is 0 Å². The molecule has 0 aromatic carbocycles. The van der Waals surface area contributed by atoms with Gasteiger partial charge in [0, 0.05) is 24.4 Å². The van der Waals surface area contributed by atoms with Crippen molar-refractivity contribution >= 4 is 6.09 Å². The van der Waals surface area contributed by atoms with Gasteiger partial charge < -0.3 is 19.2 Å². The second-order valence-corrected chi connectivity index (χ2v) is 7.55. The standard InChI is InChI=1S/C17H24N2O4/c1-2-3-6-22-15(20)19-10-16(11-19)8-17(21,9-16)13-7-18-14(23-13)12-4-5-12/h7,12,21H,2-6,8-11H2,1H3. The van der Waals surface area contributed by atoms with Gasteiger partial charge in [-0.05, 0) is 32.1 Å². The highest BCUT2D eigenvalue weighted by molar-refractivity contribution is 5.69. The van der Waals surface area contributed by atoms with Crippen LogP contribution in [0, 0.1) is 5.41 Å². The summed E-state index contributed by atoms with van der Waals surface area (Å²) in [6, 6.07) is 0. The number of likely N-dealkylation sites (tertiary alicyclic amines) is 1. The largest absolute Gasteiger partial charge is 0.449 e. The molecule has 1 aromatic heterocycles. The third-order valence-electron chi connectivity index (χ3n) is 5.28. The lowest BCUT2D eigenvalue weighted by atomic mass is 9.54. The van der Waals surface area contributed by atoms with Gasteiger partial charge in [0.15, 0.2) is 11.7 Å². The minimum Gasteiger partial charge on any atom is -0.449 e. The van der Waals surface area contributed by atoms with E-state index < -0.39 is 5.60 Å². The van der Waals surface area contributed by atoms with E-state index in [0.717, 1.165) is 31.6 Å². The quantitative estimate of drug-likeness (QED) is 0.844. The summed E-state index contributed by atoms with van der Waals surface area (Å²) in [5.41, 5.74) is -0.872. The van der Waals surface area contributed by atoms with Gasteiger partial charge >= 0.3 is 6.09 Å². The Morgan fingerprint density at radius 1 is 1.48 bits per heavy atom. The molecule has 126 valence electrons. The van der Waals surface area contributed by atoms with E-state index in [1.54, 1.807) is 11.1 Å². The minimum atomic E-state index is -0.904. The van der Waals surface area contributed by atoms with Crippen LogP contribution >= 0.6 is 0 Å². The Balaban J connectivity index is 1.28. The van der Waals surface area contributed by atoms with Crippen molar-refractivity contribution in [3.8, 4) is 0 Å². The topological polar surface area (TPSA) is 75.8 Å². The molecule has 1 saturated heterocycles. The van der Waals surface area contributed by atoms with E-state index in [1.165, 1.54) is 0 Å². The lowest BCUT2D eigenvalue weighted by Crippen LogP contribution is -2.67. The number of nitrogens with zero attached hydrogens (tertiary/aromatic N) is 2. The summed E-state index contributed by atoms with van der Waals surface area (Å²) in [6.45, 7) is 3.90. The number of unbranched alkanes of at least 4 members (excludes halogenated alkanes) is 1. The van der Waals surface area contributed by atoms with Crippen LogP contribution in [0.1, 0.15) is 63.0 Å². The Morgan fingerprint density at radius 2 is 2.22 bits per heavy atom. The normalized spacial score (nSPS) is 24.2. The number of aliphatic hydroxyl groups is 1. The highest BCUT2D eigenvalue weighted by Crippen LogP contribution is 2.59. The van der Waals surface area contributed by atoms with E-state index in [1.807, 2.05) is 0 Å². The molecule has 1 amide bonds. The molecule has 3 aliphatic rings. The van der Waals surface area contributed by atoms with Crippen molar-refractivity contribution in [3.05, 3.63) is 17.8 Å². The molecule has 2 heterocycles. The van der Waals surface area contributed by atoms with Gasteiger partial charge in [0.05, 0.1) is 12.8 Å². The van der Waals surface area contributed by atoms with Gasteiger partial charge in [0.2, 0.25) is 0 Å². The smallest absolute Gasteiger partial charge is 0.409 e. The maximum absolute atomic E-state index is 11.9. The van der Waals surface area contributed by atoms with Gasteiger partial charge in [-0.2, -0.15) is 0 Å². The summed E-state index contributed by atoms with van der Waals surface area (Å²) in [5, 5.41) is 10.7. The molecule has 4 rings (SSSR count). The number of amides is 1. The Hall–Kier alpha value is -1.56. The van der Waals surface area contributed by atoms with Crippen molar-refractivity contribution in [1.29, 1.82) is 0 Å². The minimum absolute atomic E-state index is 0.0328. The monoisotopic (exact) mass is 320 g/mol. The predicted octanol–water partition coefficient (Wildman–Crippen LogP) is 2.77. The Morgan fingerprint density at radius 3 is 2.87 bits per heavy atom. The second kappa shape index (κ2) is 5.23. The van der Waals surface area contributed by atoms with Crippen LogP contribution in [-0.4, -0.2) is 40.8 Å². The molecule has 6 nitrogen and oxygen atoms in total. The average molecular weight is 320 g/mol. The van der Waals surface area contributed by atoms with Crippen molar-refractivity contribution < 1.29 is 19.1 Å². The van der Waals surface area contributed by atoms with Crippen LogP contribution in [0.2, 0.25) is 0 Å². The molecule has 1 aromatic rings. The number of ether oxygens (including phenoxy) is 1. The average Bonchev–Trinajstić information content (AvgIpc) is 3.18. The fourth-order valence-electron chi connectivity index (χ4n) is 3.90. The number of hydrogen-bond donors (Lipinski definition) is 1. The fourth-order valence-corrected chi connectivity index (χ4v) is 3.90. The van der Waals surface area contributed by atoms with Crippen LogP contribution < -0.4 is 0 Å². The van der Waals surface area contributed by atoms with Crippen molar-refractivity contribution in [2.45, 2.75) is 57.0 Å². The van der Waals surface area contributed by atoms with Crippen LogP contribution in [-0.2, 0) is 10.3 Å². The molecule has 1 N–H and O–H groups in total. The zero-order valence-corrected chi connectivity index (χ0v) is 13.6. The summed E-state index contributed by atoms with van der Waals surface area (Å²) >= 11 is 0. The molecule has 0 atom stereocenters. The zero-order chi connectivity index (χ0) is 16.1. The second-order valence-electron chi connectivity index (χ2n) is 7.55. The molecule has 0 bridgehead atoms. The number of carbonyl (C=O) groups is 1. The van der Waals surface area contributed by atoms with E-state index in [9.17, 15) is 9.90 Å².